The summed E-state index contributed by atoms with van der Waals surface area (Å²) >= 11 is 1.66. The molecule has 0 fully saturated rings. The Labute approximate surface area is 183 Å². The summed E-state index contributed by atoms with van der Waals surface area (Å²) in [6.07, 6.45) is 1.26. The molecule has 3 rings (SSSR count). The van der Waals surface area contributed by atoms with Crippen LogP contribution in [-0.2, 0) is 4.79 Å². The molecular formula is C24H30N2O3S. The lowest BCUT2D eigenvalue weighted by Gasteiger charge is -2.39. The predicted molar refractivity (Wildman–Crippen MR) is 120 cm³/mol. The molecule has 0 aromatic heterocycles. The standard InChI is InChI=1S/C24H30N2O3S/c1-14(2)13-30-23-16(12-25)21(15-7-8-19(28-5)20(9-15)29-6)22-17(26-23)10-24(3,4)11-18(22)27/h7-9,14,21,26H,10-11,13H2,1-6H3. The second kappa shape index (κ2) is 8.77. The van der Waals surface area contributed by atoms with Gasteiger partial charge < -0.3 is 14.8 Å². The van der Waals surface area contributed by atoms with Gasteiger partial charge in [0.1, 0.15) is 0 Å². The molecule has 1 aromatic rings. The summed E-state index contributed by atoms with van der Waals surface area (Å²) in [6.45, 7) is 8.55. The van der Waals surface area contributed by atoms with Gasteiger partial charge in [-0.3, -0.25) is 4.79 Å². The molecular weight excluding hydrogens is 396 g/mol. The van der Waals surface area contributed by atoms with E-state index in [1.54, 1.807) is 26.0 Å². The van der Waals surface area contributed by atoms with Crippen molar-refractivity contribution in [3.05, 3.63) is 45.6 Å². The van der Waals surface area contributed by atoms with Gasteiger partial charge in [-0.1, -0.05) is 33.8 Å². The molecule has 1 aromatic carbocycles. The van der Waals surface area contributed by atoms with Crippen molar-refractivity contribution in [2.45, 2.75) is 46.5 Å². The van der Waals surface area contributed by atoms with Crippen LogP contribution in [0.4, 0.5) is 0 Å². The smallest absolute Gasteiger partial charge is 0.162 e. The third-order valence-corrected chi connectivity index (χ3v) is 6.87. The highest BCUT2D eigenvalue weighted by Gasteiger charge is 2.42. The highest BCUT2D eigenvalue weighted by atomic mass is 32.2. The van der Waals surface area contributed by atoms with E-state index < -0.39 is 5.92 Å². The molecule has 6 heteroatoms. The van der Waals surface area contributed by atoms with Gasteiger partial charge in [0.15, 0.2) is 17.3 Å². The maximum atomic E-state index is 13.2. The van der Waals surface area contributed by atoms with Gasteiger partial charge in [-0.25, -0.2) is 0 Å². The molecule has 0 bridgehead atoms. The van der Waals surface area contributed by atoms with Crippen molar-refractivity contribution >= 4 is 17.5 Å². The molecule has 1 N–H and O–H groups in total. The monoisotopic (exact) mass is 426 g/mol. The van der Waals surface area contributed by atoms with Gasteiger partial charge >= 0.3 is 0 Å². The number of benzene rings is 1. The van der Waals surface area contributed by atoms with E-state index in [0.717, 1.165) is 28.5 Å². The van der Waals surface area contributed by atoms with Crippen LogP contribution < -0.4 is 14.8 Å². The van der Waals surface area contributed by atoms with E-state index in [1.807, 2.05) is 18.2 Å². The Hall–Kier alpha value is -2.39. The number of nitriles is 1. The number of hydrogen-bond acceptors (Lipinski definition) is 6. The Morgan fingerprint density at radius 2 is 1.93 bits per heavy atom. The fourth-order valence-corrected chi connectivity index (χ4v) is 5.12. The van der Waals surface area contributed by atoms with Gasteiger partial charge in [0.25, 0.3) is 0 Å². The fourth-order valence-electron chi connectivity index (χ4n) is 4.11. The maximum absolute atomic E-state index is 13.2. The molecule has 0 radical (unpaired) electrons. The number of nitrogens with one attached hydrogen (secondary N) is 1. The average Bonchev–Trinajstić information content (AvgIpc) is 2.69. The third-order valence-electron chi connectivity index (χ3n) is 5.43. The molecule has 0 spiro atoms. The SMILES string of the molecule is COc1ccc(C2C(C#N)=C(SCC(C)C)NC3=C2C(=O)CC(C)(C)C3)cc1OC. The quantitative estimate of drug-likeness (QED) is 0.678. The Balaban J connectivity index is 2.17. The minimum Gasteiger partial charge on any atom is -0.493 e. The number of ketones is 1. The number of dihydropyridines is 1. The largest absolute Gasteiger partial charge is 0.493 e. The number of allylic oxidation sites excluding steroid dienone is 3. The average molecular weight is 427 g/mol. The molecule has 0 saturated carbocycles. The number of carbonyl (C=O) groups is 1. The van der Waals surface area contributed by atoms with E-state index in [0.29, 0.717) is 35.0 Å². The molecule has 5 nitrogen and oxygen atoms in total. The van der Waals surface area contributed by atoms with Gasteiger partial charge in [-0.2, -0.15) is 5.26 Å². The first kappa shape index (κ1) is 22.3. The normalized spacial score (nSPS) is 20.6. The molecule has 30 heavy (non-hydrogen) atoms. The van der Waals surface area contributed by atoms with Crippen LogP contribution in [0.2, 0.25) is 0 Å². The molecule has 0 saturated heterocycles. The Bertz CT molecular complexity index is 954. The van der Waals surface area contributed by atoms with Crippen LogP contribution in [0.1, 0.15) is 52.0 Å². The van der Waals surface area contributed by atoms with Crippen molar-refractivity contribution in [2.24, 2.45) is 11.3 Å². The minimum atomic E-state index is -0.399. The van der Waals surface area contributed by atoms with Crippen molar-refractivity contribution in [1.29, 1.82) is 5.26 Å². The van der Waals surface area contributed by atoms with E-state index in [9.17, 15) is 10.1 Å². The molecule has 1 heterocycles. The molecule has 1 atom stereocenters. The first-order chi connectivity index (χ1) is 14.2. The highest BCUT2D eigenvalue weighted by Crippen LogP contribution is 2.48. The van der Waals surface area contributed by atoms with Crippen LogP contribution in [0, 0.1) is 22.7 Å². The zero-order valence-electron chi connectivity index (χ0n) is 18.6. The molecule has 0 amide bonds. The van der Waals surface area contributed by atoms with Crippen molar-refractivity contribution in [2.75, 3.05) is 20.0 Å². The number of thioether (sulfide) groups is 1. The van der Waals surface area contributed by atoms with E-state index in [1.165, 1.54) is 0 Å². The van der Waals surface area contributed by atoms with E-state index >= 15 is 0 Å². The summed E-state index contributed by atoms with van der Waals surface area (Å²) in [5.41, 5.74) is 3.02. The summed E-state index contributed by atoms with van der Waals surface area (Å²) in [7, 11) is 3.19. The fraction of sp³-hybridized carbons (Fsp3) is 0.500. The maximum Gasteiger partial charge on any atom is 0.162 e. The van der Waals surface area contributed by atoms with Crippen LogP contribution in [0.15, 0.2) is 40.1 Å². The Morgan fingerprint density at radius 3 is 2.53 bits per heavy atom. The number of rotatable bonds is 6. The third kappa shape index (κ3) is 4.37. The van der Waals surface area contributed by atoms with Crippen molar-refractivity contribution in [1.82, 2.24) is 5.32 Å². The summed E-state index contributed by atoms with van der Waals surface area (Å²) in [6, 6.07) is 8.05. The van der Waals surface area contributed by atoms with E-state index in [-0.39, 0.29) is 11.2 Å². The van der Waals surface area contributed by atoms with Gasteiger partial charge in [0.05, 0.1) is 36.8 Å². The summed E-state index contributed by atoms with van der Waals surface area (Å²) < 4.78 is 10.9. The van der Waals surface area contributed by atoms with Crippen molar-refractivity contribution in [3.63, 3.8) is 0 Å². The number of Topliss-reactive ketones (excluding diaryl/α,β-unsaturated/α-hetero) is 1. The molecule has 160 valence electrons. The first-order valence-electron chi connectivity index (χ1n) is 10.2. The van der Waals surface area contributed by atoms with Crippen molar-refractivity contribution in [3.8, 4) is 17.6 Å². The summed E-state index contributed by atoms with van der Waals surface area (Å²) in [5.74, 6) is 2.30. The number of methoxy groups -OCH3 is 2. The summed E-state index contributed by atoms with van der Waals surface area (Å²) in [5, 5.41) is 14.4. The van der Waals surface area contributed by atoms with Crippen molar-refractivity contribution < 1.29 is 14.3 Å². The second-order valence-electron chi connectivity index (χ2n) is 9.07. The molecule has 1 unspecified atom stereocenters. The molecule has 1 aliphatic carbocycles. The second-order valence-corrected chi connectivity index (χ2v) is 10.1. The molecule has 1 aliphatic heterocycles. The topological polar surface area (TPSA) is 71.3 Å². The van der Waals surface area contributed by atoms with Crippen LogP contribution in [0.5, 0.6) is 11.5 Å². The highest BCUT2D eigenvalue weighted by molar-refractivity contribution is 8.03. The van der Waals surface area contributed by atoms with E-state index in [4.69, 9.17) is 9.47 Å². The van der Waals surface area contributed by atoms with Crippen LogP contribution >= 0.6 is 11.8 Å². The van der Waals surface area contributed by atoms with E-state index in [2.05, 4.69) is 39.1 Å². The Morgan fingerprint density at radius 1 is 1.23 bits per heavy atom. The number of nitrogens with zero attached hydrogens (tertiary/aromatic N) is 1. The van der Waals surface area contributed by atoms with Gasteiger partial charge in [0.2, 0.25) is 0 Å². The lowest BCUT2D eigenvalue weighted by Crippen LogP contribution is -2.37. The lowest BCUT2D eigenvalue weighted by molar-refractivity contribution is -0.118. The molecule has 2 aliphatic rings. The Kier molecular flexibility index (Phi) is 6.52. The van der Waals surface area contributed by atoms with Crippen LogP contribution in [-0.4, -0.2) is 25.8 Å². The lowest BCUT2D eigenvalue weighted by atomic mass is 9.69. The predicted octanol–water partition coefficient (Wildman–Crippen LogP) is 5.16. The zero-order valence-corrected chi connectivity index (χ0v) is 19.4. The number of hydrogen-bond donors (Lipinski definition) is 1. The number of ether oxygens (including phenoxy) is 2. The zero-order chi connectivity index (χ0) is 22.1. The van der Waals surface area contributed by atoms with Gasteiger partial charge in [0, 0.05) is 23.4 Å². The minimum absolute atomic E-state index is 0.106. The van der Waals surface area contributed by atoms with Gasteiger partial charge in [-0.05, 0) is 35.4 Å². The summed E-state index contributed by atoms with van der Waals surface area (Å²) in [4.78, 5) is 13.2. The van der Waals surface area contributed by atoms with Crippen LogP contribution in [0.3, 0.4) is 0 Å². The number of carbonyl (C=O) groups excluding carboxylic acids is 1. The van der Waals surface area contributed by atoms with Crippen LogP contribution in [0.25, 0.3) is 0 Å². The van der Waals surface area contributed by atoms with Gasteiger partial charge in [-0.15, -0.1) is 11.8 Å². The first-order valence-corrected chi connectivity index (χ1v) is 11.2.